The summed E-state index contributed by atoms with van der Waals surface area (Å²) >= 11 is 0. The molecule has 7 aromatic carbocycles. The fourth-order valence-corrected chi connectivity index (χ4v) is 8.10. The van der Waals surface area contributed by atoms with Crippen LogP contribution in [0.2, 0.25) is 0 Å². The fraction of sp³-hybridized carbons (Fsp3) is 0.0417. The maximum Gasteiger partial charge on any atom is 0.0541 e. The highest BCUT2D eigenvalue weighted by Crippen LogP contribution is 2.40. The van der Waals surface area contributed by atoms with Gasteiger partial charge in [0.15, 0.2) is 0 Å². The third-order valence-electron chi connectivity index (χ3n) is 10.5. The molecule has 1 unspecified atom stereocenters. The van der Waals surface area contributed by atoms with E-state index in [1.165, 1.54) is 82.8 Å². The van der Waals surface area contributed by atoms with Gasteiger partial charge in [-0.1, -0.05) is 133 Å². The Kier molecular flexibility index (Phi) is 6.67. The highest BCUT2D eigenvalue weighted by Gasteiger charge is 2.20. The van der Waals surface area contributed by atoms with Gasteiger partial charge in [0.1, 0.15) is 0 Å². The van der Waals surface area contributed by atoms with Crippen LogP contribution >= 0.6 is 0 Å². The zero-order valence-electron chi connectivity index (χ0n) is 27.6. The highest BCUT2D eigenvalue weighted by atomic mass is 15.0. The number of fused-ring (bicyclic) bond motifs is 6. The Hall–Kier alpha value is -6.38. The SMILES string of the molecule is C1=CC(c2ccccc2)CC(n2c3ccccc3c3cc(-c4ccc5c(c4)c4ccccc4n5-c4cccc(-c5ccccc5)c4)ccc32)=C1. The van der Waals surface area contributed by atoms with Crippen molar-refractivity contribution >= 4 is 49.3 Å². The first-order chi connectivity index (χ1) is 24.8. The van der Waals surface area contributed by atoms with Crippen LogP contribution in [0.3, 0.4) is 0 Å². The predicted molar refractivity (Wildman–Crippen MR) is 212 cm³/mol. The van der Waals surface area contributed by atoms with Crippen LogP contribution in [0.4, 0.5) is 0 Å². The highest BCUT2D eigenvalue weighted by molar-refractivity contribution is 6.13. The van der Waals surface area contributed by atoms with E-state index < -0.39 is 0 Å². The van der Waals surface area contributed by atoms with E-state index in [0.29, 0.717) is 5.92 Å². The van der Waals surface area contributed by atoms with E-state index >= 15 is 0 Å². The van der Waals surface area contributed by atoms with Crippen molar-refractivity contribution in [1.82, 2.24) is 9.13 Å². The lowest BCUT2D eigenvalue weighted by Crippen LogP contribution is -2.05. The van der Waals surface area contributed by atoms with Crippen molar-refractivity contribution in [2.24, 2.45) is 0 Å². The normalized spacial score (nSPS) is 14.6. The molecule has 0 amide bonds. The van der Waals surface area contributed by atoms with Gasteiger partial charge in [-0.3, -0.25) is 0 Å². The predicted octanol–water partition coefficient (Wildman–Crippen LogP) is 12.8. The molecule has 1 atom stereocenters. The van der Waals surface area contributed by atoms with Gasteiger partial charge in [-0.2, -0.15) is 0 Å². The Morgan fingerprint density at radius 1 is 0.400 bits per heavy atom. The van der Waals surface area contributed by atoms with Gasteiger partial charge in [-0.15, -0.1) is 0 Å². The third kappa shape index (κ3) is 4.64. The largest absolute Gasteiger partial charge is 0.313 e. The number of allylic oxidation sites excluding steroid dienone is 4. The molecule has 0 saturated carbocycles. The minimum atomic E-state index is 0.362. The first-order valence-electron chi connectivity index (χ1n) is 17.5. The minimum Gasteiger partial charge on any atom is -0.313 e. The van der Waals surface area contributed by atoms with E-state index in [0.717, 1.165) is 6.42 Å². The Morgan fingerprint density at radius 2 is 0.940 bits per heavy atom. The smallest absolute Gasteiger partial charge is 0.0541 e. The van der Waals surface area contributed by atoms with Crippen molar-refractivity contribution in [3.8, 4) is 27.9 Å². The fourth-order valence-electron chi connectivity index (χ4n) is 8.10. The number of benzene rings is 7. The zero-order valence-corrected chi connectivity index (χ0v) is 27.6. The molecule has 10 rings (SSSR count). The zero-order chi connectivity index (χ0) is 33.0. The van der Waals surface area contributed by atoms with Crippen molar-refractivity contribution in [2.45, 2.75) is 12.3 Å². The van der Waals surface area contributed by atoms with Gasteiger partial charge < -0.3 is 9.13 Å². The van der Waals surface area contributed by atoms with Gasteiger partial charge in [0.2, 0.25) is 0 Å². The summed E-state index contributed by atoms with van der Waals surface area (Å²) in [7, 11) is 0. The summed E-state index contributed by atoms with van der Waals surface area (Å²) in [5.74, 6) is 0.362. The number of hydrogen-bond donors (Lipinski definition) is 0. The average Bonchev–Trinajstić information content (AvgIpc) is 3.71. The van der Waals surface area contributed by atoms with Gasteiger partial charge in [0.25, 0.3) is 0 Å². The Bertz CT molecular complexity index is 2780. The lowest BCUT2D eigenvalue weighted by molar-refractivity contribution is 0.837. The maximum atomic E-state index is 2.48. The lowest BCUT2D eigenvalue weighted by atomic mass is 9.91. The Labute approximate surface area is 291 Å². The molecule has 0 aliphatic heterocycles. The van der Waals surface area contributed by atoms with Crippen molar-refractivity contribution in [1.29, 1.82) is 0 Å². The molecule has 50 heavy (non-hydrogen) atoms. The van der Waals surface area contributed by atoms with E-state index in [-0.39, 0.29) is 0 Å². The van der Waals surface area contributed by atoms with E-state index in [2.05, 4.69) is 197 Å². The van der Waals surface area contributed by atoms with E-state index in [1.54, 1.807) is 0 Å². The van der Waals surface area contributed by atoms with Crippen LogP contribution in [0.1, 0.15) is 17.9 Å². The summed E-state index contributed by atoms with van der Waals surface area (Å²) < 4.78 is 4.89. The van der Waals surface area contributed by atoms with Gasteiger partial charge in [0, 0.05) is 38.8 Å². The van der Waals surface area contributed by atoms with Crippen molar-refractivity contribution in [3.05, 3.63) is 194 Å². The van der Waals surface area contributed by atoms with E-state index in [4.69, 9.17) is 0 Å². The Morgan fingerprint density at radius 3 is 1.64 bits per heavy atom. The van der Waals surface area contributed by atoms with E-state index in [9.17, 15) is 0 Å². The molecular weight excluding hydrogens is 605 g/mol. The summed E-state index contributed by atoms with van der Waals surface area (Å²) in [5, 5.41) is 5.09. The second-order valence-electron chi connectivity index (χ2n) is 13.3. The van der Waals surface area contributed by atoms with E-state index in [1.807, 2.05) is 0 Å². The van der Waals surface area contributed by atoms with Gasteiger partial charge in [-0.25, -0.2) is 0 Å². The summed E-state index contributed by atoms with van der Waals surface area (Å²) in [6.07, 6.45) is 7.82. The molecule has 1 aliphatic rings. The van der Waals surface area contributed by atoms with Crippen molar-refractivity contribution < 1.29 is 0 Å². The molecule has 2 heteroatoms. The monoisotopic (exact) mass is 638 g/mol. The molecule has 0 bridgehead atoms. The number of rotatable bonds is 5. The van der Waals surface area contributed by atoms with Crippen LogP contribution in [0.15, 0.2) is 188 Å². The summed E-state index contributed by atoms with van der Waals surface area (Å²) in [4.78, 5) is 0. The quantitative estimate of drug-likeness (QED) is 0.178. The van der Waals surface area contributed by atoms with Crippen LogP contribution in [0, 0.1) is 0 Å². The van der Waals surface area contributed by atoms with Gasteiger partial charge in [-0.05, 0) is 88.8 Å². The molecule has 1 aliphatic carbocycles. The first-order valence-corrected chi connectivity index (χ1v) is 17.5. The molecule has 0 N–H and O–H groups in total. The number of aromatic nitrogens is 2. The summed E-state index contributed by atoms with van der Waals surface area (Å²) in [6.45, 7) is 0. The van der Waals surface area contributed by atoms with Gasteiger partial charge >= 0.3 is 0 Å². The Balaban J connectivity index is 1.09. The molecule has 236 valence electrons. The van der Waals surface area contributed by atoms with Crippen LogP contribution in [0.25, 0.3) is 77.2 Å². The molecule has 2 heterocycles. The second-order valence-corrected chi connectivity index (χ2v) is 13.3. The summed E-state index contributed by atoms with van der Waals surface area (Å²) in [5.41, 5.74) is 13.7. The minimum absolute atomic E-state index is 0.362. The lowest BCUT2D eigenvalue weighted by Gasteiger charge is -2.21. The molecule has 0 saturated heterocycles. The van der Waals surface area contributed by atoms with Crippen molar-refractivity contribution in [2.75, 3.05) is 0 Å². The summed E-state index contributed by atoms with van der Waals surface area (Å²) in [6, 6.07) is 62.0. The van der Waals surface area contributed by atoms with Crippen LogP contribution in [-0.4, -0.2) is 9.13 Å². The molecule has 0 fully saturated rings. The van der Waals surface area contributed by atoms with Crippen LogP contribution in [-0.2, 0) is 0 Å². The van der Waals surface area contributed by atoms with Crippen LogP contribution in [0.5, 0.6) is 0 Å². The number of para-hydroxylation sites is 2. The molecule has 9 aromatic rings. The molecule has 2 aromatic heterocycles. The third-order valence-corrected chi connectivity index (χ3v) is 10.5. The van der Waals surface area contributed by atoms with Crippen molar-refractivity contribution in [3.63, 3.8) is 0 Å². The standard InChI is InChI=1S/C48H34N2/c1-3-13-33(14-4-1)35-17-11-19-39(29-35)49-45-23-9-7-21-41(45)43-31-37(25-27-47(43)49)38-26-28-48-44(32-38)42-22-8-10-24-46(42)50(48)40-20-12-18-36(30-40)34-15-5-2-6-16-34/h1-29,31-32,36H,30H2. The number of hydrogen-bond acceptors (Lipinski definition) is 0. The molecule has 0 spiro atoms. The number of nitrogens with zero attached hydrogens (tertiary/aromatic N) is 2. The first kappa shape index (κ1) is 28.6. The molecule has 0 radical (unpaired) electrons. The molecule has 2 nitrogen and oxygen atoms in total. The molecular formula is C48H34N2. The second kappa shape index (κ2) is 11.6. The van der Waals surface area contributed by atoms with Crippen LogP contribution < -0.4 is 0 Å². The maximum absolute atomic E-state index is 2.48. The van der Waals surface area contributed by atoms with Gasteiger partial charge in [0.05, 0.1) is 22.1 Å². The topological polar surface area (TPSA) is 9.86 Å². The average molecular weight is 639 g/mol.